The van der Waals surface area contributed by atoms with E-state index in [1.807, 2.05) is 12.1 Å². The number of anilines is 2. The molecule has 5 heteroatoms. The molecule has 5 aliphatic rings. The molecule has 200 valence electrons. The van der Waals surface area contributed by atoms with Crippen LogP contribution >= 0.6 is 0 Å². The summed E-state index contributed by atoms with van der Waals surface area (Å²) in [5.41, 5.74) is 10.8. The number of benzene rings is 2. The summed E-state index contributed by atoms with van der Waals surface area (Å²) in [6.07, 6.45) is 12.4. The first kappa shape index (κ1) is 25.1. The van der Waals surface area contributed by atoms with E-state index >= 15 is 0 Å². The summed E-state index contributed by atoms with van der Waals surface area (Å²) in [6.45, 7) is 4.56. The second kappa shape index (κ2) is 10.6. The van der Waals surface area contributed by atoms with Gasteiger partial charge in [0.25, 0.3) is 0 Å². The van der Waals surface area contributed by atoms with Gasteiger partial charge >= 0.3 is 0 Å². The average molecular weight is 535 g/mol. The molecule has 2 aromatic carbocycles. The van der Waals surface area contributed by atoms with Gasteiger partial charge in [-0.1, -0.05) is 11.8 Å². The third-order valence-electron chi connectivity index (χ3n) is 8.63. The maximum absolute atomic E-state index is 9.55. The highest BCUT2D eigenvalue weighted by atomic mass is 16.5. The van der Waals surface area contributed by atoms with E-state index in [4.69, 9.17) is 4.74 Å². The van der Waals surface area contributed by atoms with Crippen LogP contribution in [-0.2, 0) is 30.4 Å². The van der Waals surface area contributed by atoms with Gasteiger partial charge in [-0.3, -0.25) is 0 Å². The zero-order valence-corrected chi connectivity index (χ0v) is 23.1. The van der Waals surface area contributed by atoms with Crippen molar-refractivity contribution in [2.45, 2.75) is 51.4 Å². The van der Waals surface area contributed by atoms with E-state index in [0.29, 0.717) is 17.1 Å². The zero-order chi connectivity index (χ0) is 27.8. The standard InChI is InChI=1S/C36H30N4O/c37-23-32(24-38)31-21-33(11-9-25-17-27-5-1-13-39-14-2-6-28(18-25)35(27)39)41-34(22-31)12-10-26-19-29-7-3-15-40-16-4-8-30(20-26)36(29)40/h17-22H,1-8,13-16H2. The molecule has 0 saturated carbocycles. The van der Waals surface area contributed by atoms with Crippen molar-refractivity contribution in [2.75, 3.05) is 36.0 Å². The van der Waals surface area contributed by atoms with Crippen LogP contribution in [0.15, 0.2) is 59.1 Å². The van der Waals surface area contributed by atoms with Gasteiger partial charge < -0.3 is 14.5 Å². The smallest absolute Gasteiger partial charge is 0.179 e. The summed E-state index contributed by atoms with van der Waals surface area (Å²) in [7, 11) is 0. The molecule has 5 heterocycles. The molecule has 0 radical (unpaired) electrons. The highest BCUT2D eigenvalue weighted by Gasteiger charge is 2.25. The molecule has 0 bridgehead atoms. The number of allylic oxidation sites excluding steroid dienone is 6. The van der Waals surface area contributed by atoms with Crippen LogP contribution in [0.2, 0.25) is 0 Å². The Balaban J connectivity index is 1.20. The minimum absolute atomic E-state index is 0.0171. The first-order valence-electron chi connectivity index (χ1n) is 14.7. The quantitative estimate of drug-likeness (QED) is 0.324. The largest absolute Gasteiger partial charge is 0.439 e. The highest BCUT2D eigenvalue weighted by molar-refractivity contribution is 5.67. The van der Waals surface area contributed by atoms with Gasteiger partial charge in [-0.25, -0.2) is 0 Å². The number of ether oxygens (including phenoxy) is 1. The monoisotopic (exact) mass is 534 g/mol. The van der Waals surface area contributed by atoms with Gasteiger partial charge in [-0.05, 0) is 122 Å². The predicted octanol–water partition coefficient (Wildman–Crippen LogP) is 5.63. The molecular formula is C36H30N4O. The number of nitrogens with zero attached hydrogens (tertiary/aromatic N) is 4. The van der Waals surface area contributed by atoms with Gasteiger partial charge in [0.05, 0.1) is 0 Å². The Morgan fingerprint density at radius 1 is 0.585 bits per heavy atom. The molecule has 0 aromatic heterocycles. The fraction of sp³-hybridized carbons (Fsp3) is 0.333. The average Bonchev–Trinajstić information content (AvgIpc) is 3.00. The summed E-state index contributed by atoms with van der Waals surface area (Å²) in [6, 6.07) is 12.8. The fourth-order valence-corrected chi connectivity index (χ4v) is 6.94. The van der Waals surface area contributed by atoms with Gasteiger partial charge in [0, 0.05) is 54.3 Å². The van der Waals surface area contributed by atoms with E-state index in [2.05, 4.69) is 57.7 Å². The van der Waals surface area contributed by atoms with E-state index in [1.165, 1.54) is 59.3 Å². The number of hydrogen-bond donors (Lipinski definition) is 0. The third kappa shape index (κ3) is 4.86. The highest BCUT2D eigenvalue weighted by Crippen LogP contribution is 2.37. The number of rotatable bonds is 0. The van der Waals surface area contributed by atoms with E-state index in [9.17, 15) is 10.5 Å². The van der Waals surface area contributed by atoms with Crippen molar-refractivity contribution in [3.63, 3.8) is 0 Å². The van der Waals surface area contributed by atoms with E-state index in [0.717, 1.165) is 63.0 Å². The Morgan fingerprint density at radius 3 is 1.34 bits per heavy atom. The number of nitriles is 2. The molecule has 7 rings (SSSR count). The lowest BCUT2D eigenvalue weighted by Crippen LogP contribution is -2.34. The van der Waals surface area contributed by atoms with E-state index < -0.39 is 0 Å². The summed E-state index contributed by atoms with van der Waals surface area (Å²) < 4.78 is 6.10. The van der Waals surface area contributed by atoms with Crippen LogP contribution in [0.25, 0.3) is 0 Å². The van der Waals surface area contributed by atoms with Gasteiger partial charge in [-0.2, -0.15) is 10.5 Å². The third-order valence-corrected chi connectivity index (χ3v) is 8.63. The second-order valence-electron chi connectivity index (χ2n) is 11.3. The molecule has 0 saturated heterocycles. The molecule has 5 nitrogen and oxygen atoms in total. The molecule has 0 N–H and O–H groups in total. The minimum atomic E-state index is 0.0171. The van der Waals surface area contributed by atoms with Crippen molar-refractivity contribution in [3.8, 4) is 35.8 Å². The lowest BCUT2D eigenvalue weighted by atomic mass is 9.90. The normalized spacial score (nSPS) is 18.0. The van der Waals surface area contributed by atoms with Gasteiger partial charge in [0.1, 0.15) is 17.7 Å². The Hall–Kier alpha value is -4.84. The second-order valence-corrected chi connectivity index (χ2v) is 11.3. The van der Waals surface area contributed by atoms with Crippen molar-refractivity contribution < 1.29 is 4.74 Å². The van der Waals surface area contributed by atoms with Crippen molar-refractivity contribution >= 4 is 11.4 Å². The summed E-state index contributed by atoms with van der Waals surface area (Å²) in [5.74, 6) is 13.7. The molecule has 0 spiro atoms. The van der Waals surface area contributed by atoms with Crippen LogP contribution in [0.5, 0.6) is 0 Å². The minimum Gasteiger partial charge on any atom is -0.439 e. The van der Waals surface area contributed by atoms with Crippen LogP contribution in [-0.4, -0.2) is 26.2 Å². The van der Waals surface area contributed by atoms with Gasteiger partial charge in [0.2, 0.25) is 0 Å². The zero-order valence-electron chi connectivity index (χ0n) is 23.1. The Labute approximate surface area is 242 Å². The van der Waals surface area contributed by atoms with Gasteiger partial charge in [0.15, 0.2) is 11.5 Å². The van der Waals surface area contributed by atoms with Crippen LogP contribution < -0.4 is 9.80 Å². The number of hydrogen-bond acceptors (Lipinski definition) is 5. The molecule has 2 aromatic rings. The Kier molecular flexibility index (Phi) is 6.51. The number of aryl methyl sites for hydroxylation is 4. The van der Waals surface area contributed by atoms with Gasteiger partial charge in [-0.15, -0.1) is 0 Å². The lowest BCUT2D eigenvalue weighted by molar-refractivity contribution is 0.340. The maximum Gasteiger partial charge on any atom is 0.179 e. The van der Waals surface area contributed by atoms with Crippen LogP contribution in [0.4, 0.5) is 11.4 Å². The van der Waals surface area contributed by atoms with Crippen molar-refractivity contribution in [3.05, 3.63) is 92.5 Å². The Bertz CT molecular complexity index is 1580. The molecule has 5 aliphatic heterocycles. The lowest BCUT2D eigenvalue weighted by Gasteiger charge is -2.37. The molecule has 0 aliphatic carbocycles. The van der Waals surface area contributed by atoms with E-state index in [-0.39, 0.29) is 5.57 Å². The maximum atomic E-state index is 9.55. The fourth-order valence-electron chi connectivity index (χ4n) is 6.94. The summed E-state index contributed by atoms with van der Waals surface area (Å²) >= 11 is 0. The first-order valence-corrected chi connectivity index (χ1v) is 14.7. The van der Waals surface area contributed by atoms with Crippen molar-refractivity contribution in [1.82, 2.24) is 0 Å². The van der Waals surface area contributed by atoms with Crippen molar-refractivity contribution in [1.29, 1.82) is 10.5 Å². The van der Waals surface area contributed by atoms with Crippen LogP contribution in [0, 0.1) is 46.3 Å². The first-order chi connectivity index (χ1) is 20.2. The van der Waals surface area contributed by atoms with Crippen LogP contribution in [0.1, 0.15) is 59.1 Å². The van der Waals surface area contributed by atoms with E-state index in [1.54, 1.807) is 12.2 Å². The molecule has 0 fully saturated rings. The SMILES string of the molecule is N#CC(C#N)=C1C=C(C#Cc2cc3c4c(c2)CCCN4CCC3)OC(C#Cc2cc3c4c(c2)CCCN4CCC3)=C1. The summed E-state index contributed by atoms with van der Waals surface area (Å²) in [5, 5.41) is 19.1. The van der Waals surface area contributed by atoms with Crippen LogP contribution in [0.3, 0.4) is 0 Å². The molecular weight excluding hydrogens is 504 g/mol. The molecule has 41 heavy (non-hydrogen) atoms. The Morgan fingerprint density at radius 2 is 0.976 bits per heavy atom. The predicted molar refractivity (Wildman–Crippen MR) is 160 cm³/mol. The van der Waals surface area contributed by atoms with Crippen molar-refractivity contribution in [2.24, 2.45) is 0 Å². The molecule has 0 atom stereocenters. The topological polar surface area (TPSA) is 63.3 Å². The molecule has 0 unspecified atom stereocenters. The summed E-state index contributed by atoms with van der Waals surface area (Å²) in [4.78, 5) is 5.04. The molecule has 0 amide bonds.